The Bertz CT molecular complexity index is 364. The highest BCUT2D eigenvalue weighted by atomic mass is 16.2. The first-order valence-electron chi connectivity index (χ1n) is 7.30. The fraction of sp³-hybridized carbons (Fsp3) is 0.857. The molecule has 2 aliphatic heterocycles. The van der Waals surface area contributed by atoms with E-state index in [-0.39, 0.29) is 17.9 Å². The summed E-state index contributed by atoms with van der Waals surface area (Å²) in [6.07, 6.45) is 2.92. The van der Waals surface area contributed by atoms with Crippen molar-refractivity contribution in [1.29, 1.82) is 0 Å². The number of amides is 3. The van der Waals surface area contributed by atoms with Crippen molar-refractivity contribution < 1.29 is 9.59 Å². The molecule has 2 atom stereocenters. The van der Waals surface area contributed by atoms with E-state index in [4.69, 9.17) is 0 Å². The monoisotopic (exact) mass is 267 g/mol. The van der Waals surface area contributed by atoms with Gasteiger partial charge in [0.25, 0.3) is 5.91 Å². The van der Waals surface area contributed by atoms with Crippen LogP contribution in [0, 0.1) is 11.8 Å². The van der Waals surface area contributed by atoms with Crippen molar-refractivity contribution in [3.8, 4) is 0 Å². The van der Waals surface area contributed by atoms with Gasteiger partial charge in [-0.3, -0.25) is 9.69 Å². The van der Waals surface area contributed by atoms with E-state index in [0.717, 1.165) is 32.4 Å². The summed E-state index contributed by atoms with van der Waals surface area (Å²) in [6.45, 7) is 8.41. The normalized spacial score (nSPS) is 32.0. The van der Waals surface area contributed by atoms with E-state index in [1.807, 2.05) is 6.92 Å². The summed E-state index contributed by atoms with van der Waals surface area (Å²) in [6, 6.07) is -0.223. The van der Waals surface area contributed by atoms with Crippen LogP contribution in [0.15, 0.2) is 0 Å². The van der Waals surface area contributed by atoms with Crippen LogP contribution < -0.4 is 10.6 Å². The van der Waals surface area contributed by atoms with Crippen LogP contribution in [-0.2, 0) is 4.79 Å². The molecule has 2 unspecified atom stereocenters. The van der Waals surface area contributed by atoms with Gasteiger partial charge in [-0.05, 0) is 38.6 Å². The molecule has 0 aromatic heterocycles. The first-order valence-corrected chi connectivity index (χ1v) is 7.30. The van der Waals surface area contributed by atoms with Gasteiger partial charge in [0.1, 0.15) is 5.54 Å². The minimum atomic E-state index is -0.721. The summed E-state index contributed by atoms with van der Waals surface area (Å²) in [5, 5.41) is 6.24. The van der Waals surface area contributed by atoms with Gasteiger partial charge in [0, 0.05) is 19.0 Å². The van der Waals surface area contributed by atoms with Crippen LogP contribution in [0.5, 0.6) is 0 Å². The van der Waals surface area contributed by atoms with E-state index in [1.165, 1.54) is 4.90 Å². The fourth-order valence-electron chi connectivity index (χ4n) is 2.93. The van der Waals surface area contributed by atoms with Gasteiger partial charge < -0.3 is 10.6 Å². The van der Waals surface area contributed by atoms with Crippen molar-refractivity contribution in [1.82, 2.24) is 15.5 Å². The Morgan fingerprint density at radius 1 is 1.42 bits per heavy atom. The van der Waals surface area contributed by atoms with Gasteiger partial charge in [0.2, 0.25) is 0 Å². The molecule has 2 saturated heterocycles. The molecule has 2 N–H and O–H groups in total. The lowest BCUT2D eigenvalue weighted by atomic mass is 9.80. The predicted molar refractivity (Wildman–Crippen MR) is 73.7 cm³/mol. The van der Waals surface area contributed by atoms with Crippen LogP contribution in [0.3, 0.4) is 0 Å². The van der Waals surface area contributed by atoms with Gasteiger partial charge in [-0.25, -0.2) is 4.79 Å². The lowest BCUT2D eigenvalue weighted by Crippen LogP contribution is -2.55. The SMILES string of the molecule is CC(C)CCN1C(=O)NC(C)(C2CCCNC2)C1=O. The summed E-state index contributed by atoms with van der Waals surface area (Å²) in [5.41, 5.74) is -0.721. The van der Waals surface area contributed by atoms with E-state index in [0.29, 0.717) is 12.5 Å². The Balaban J connectivity index is 2.07. The van der Waals surface area contributed by atoms with Crippen LogP contribution in [0.2, 0.25) is 0 Å². The molecule has 0 spiro atoms. The number of carbonyl (C=O) groups excluding carboxylic acids is 2. The van der Waals surface area contributed by atoms with Crippen LogP contribution >= 0.6 is 0 Å². The van der Waals surface area contributed by atoms with E-state index in [1.54, 1.807) is 0 Å². The Hall–Kier alpha value is -1.10. The van der Waals surface area contributed by atoms with Crippen molar-refractivity contribution >= 4 is 11.9 Å². The molecule has 108 valence electrons. The molecule has 19 heavy (non-hydrogen) atoms. The van der Waals surface area contributed by atoms with Crippen LogP contribution in [0.25, 0.3) is 0 Å². The number of rotatable bonds is 4. The molecular formula is C14H25N3O2. The number of piperidine rings is 1. The Morgan fingerprint density at radius 3 is 2.74 bits per heavy atom. The number of carbonyl (C=O) groups is 2. The predicted octanol–water partition coefficient (Wildman–Crippen LogP) is 1.34. The second-order valence-corrected chi connectivity index (χ2v) is 6.32. The Kier molecular flexibility index (Phi) is 4.13. The maximum Gasteiger partial charge on any atom is 0.325 e. The molecule has 2 fully saturated rings. The molecule has 2 rings (SSSR count). The molecule has 0 saturated carbocycles. The highest BCUT2D eigenvalue weighted by Gasteiger charge is 2.52. The maximum atomic E-state index is 12.6. The number of nitrogens with one attached hydrogen (secondary N) is 2. The third-order valence-corrected chi connectivity index (χ3v) is 4.34. The summed E-state index contributed by atoms with van der Waals surface area (Å²) in [4.78, 5) is 26.0. The molecule has 2 aliphatic rings. The third kappa shape index (κ3) is 2.76. The van der Waals surface area contributed by atoms with E-state index >= 15 is 0 Å². The van der Waals surface area contributed by atoms with Crippen molar-refractivity contribution in [2.45, 2.75) is 45.6 Å². The van der Waals surface area contributed by atoms with Crippen molar-refractivity contribution in [2.75, 3.05) is 19.6 Å². The summed E-state index contributed by atoms with van der Waals surface area (Å²) in [7, 11) is 0. The quantitative estimate of drug-likeness (QED) is 0.756. The molecule has 0 aromatic carbocycles. The number of urea groups is 1. The average Bonchev–Trinajstić information content (AvgIpc) is 2.60. The standard InChI is InChI=1S/C14H25N3O2/c1-10(2)6-8-17-12(18)14(3,16-13(17)19)11-5-4-7-15-9-11/h10-11,15H,4-9H2,1-3H3,(H,16,19). The van der Waals surface area contributed by atoms with Gasteiger partial charge in [-0.2, -0.15) is 0 Å². The van der Waals surface area contributed by atoms with Crippen molar-refractivity contribution in [3.63, 3.8) is 0 Å². The van der Waals surface area contributed by atoms with Crippen LogP contribution in [0.1, 0.15) is 40.0 Å². The third-order valence-electron chi connectivity index (χ3n) is 4.34. The lowest BCUT2D eigenvalue weighted by molar-refractivity contribution is -0.132. The molecule has 5 heteroatoms. The van der Waals surface area contributed by atoms with Crippen LogP contribution in [0.4, 0.5) is 4.79 Å². The topological polar surface area (TPSA) is 61.4 Å². The fourth-order valence-corrected chi connectivity index (χ4v) is 2.93. The Labute approximate surface area is 115 Å². The molecule has 0 radical (unpaired) electrons. The zero-order chi connectivity index (χ0) is 14.0. The molecule has 3 amide bonds. The Morgan fingerprint density at radius 2 is 2.16 bits per heavy atom. The second kappa shape index (κ2) is 5.49. The van der Waals surface area contributed by atoms with Crippen molar-refractivity contribution in [2.24, 2.45) is 11.8 Å². The van der Waals surface area contributed by atoms with Gasteiger partial charge in [-0.1, -0.05) is 13.8 Å². The van der Waals surface area contributed by atoms with Gasteiger partial charge in [-0.15, -0.1) is 0 Å². The summed E-state index contributed by atoms with van der Waals surface area (Å²) in [5.74, 6) is 0.636. The first-order chi connectivity index (χ1) is 8.95. The number of hydrogen-bond donors (Lipinski definition) is 2. The maximum absolute atomic E-state index is 12.6. The second-order valence-electron chi connectivity index (χ2n) is 6.32. The minimum Gasteiger partial charge on any atom is -0.323 e. The number of imide groups is 1. The lowest BCUT2D eigenvalue weighted by Gasteiger charge is -2.34. The zero-order valence-corrected chi connectivity index (χ0v) is 12.2. The van der Waals surface area contributed by atoms with E-state index in [9.17, 15) is 9.59 Å². The molecule has 5 nitrogen and oxygen atoms in total. The molecule has 0 aliphatic carbocycles. The molecule has 0 bridgehead atoms. The molecule has 2 heterocycles. The van der Waals surface area contributed by atoms with Gasteiger partial charge >= 0.3 is 6.03 Å². The van der Waals surface area contributed by atoms with Gasteiger partial charge in [0.15, 0.2) is 0 Å². The summed E-state index contributed by atoms with van der Waals surface area (Å²) < 4.78 is 0. The first kappa shape index (κ1) is 14.3. The van der Waals surface area contributed by atoms with Crippen molar-refractivity contribution in [3.05, 3.63) is 0 Å². The van der Waals surface area contributed by atoms with Crippen LogP contribution in [-0.4, -0.2) is 42.0 Å². The molecule has 0 aromatic rings. The van der Waals surface area contributed by atoms with E-state index in [2.05, 4.69) is 24.5 Å². The van der Waals surface area contributed by atoms with Gasteiger partial charge in [0.05, 0.1) is 0 Å². The largest absolute Gasteiger partial charge is 0.325 e. The summed E-state index contributed by atoms with van der Waals surface area (Å²) >= 11 is 0. The highest BCUT2D eigenvalue weighted by Crippen LogP contribution is 2.30. The average molecular weight is 267 g/mol. The number of nitrogens with zero attached hydrogens (tertiary/aromatic N) is 1. The smallest absolute Gasteiger partial charge is 0.323 e. The zero-order valence-electron chi connectivity index (χ0n) is 12.2. The minimum absolute atomic E-state index is 0.0492. The highest BCUT2D eigenvalue weighted by molar-refractivity contribution is 6.07. The number of hydrogen-bond acceptors (Lipinski definition) is 3. The molecular weight excluding hydrogens is 242 g/mol. The van der Waals surface area contributed by atoms with E-state index < -0.39 is 5.54 Å².